The molecule has 0 spiro atoms. The predicted octanol–water partition coefficient (Wildman–Crippen LogP) is 5.01. The van der Waals surface area contributed by atoms with Gasteiger partial charge in [0, 0.05) is 30.1 Å². The number of piperidine rings is 1. The average Bonchev–Trinajstić information content (AvgIpc) is 2.87. The molecule has 1 atom stereocenters. The van der Waals surface area contributed by atoms with Crippen LogP contribution in [-0.2, 0) is 4.79 Å². The van der Waals surface area contributed by atoms with Crippen LogP contribution in [0.4, 0.5) is 5.69 Å². The van der Waals surface area contributed by atoms with Crippen LogP contribution in [0, 0.1) is 5.92 Å². The van der Waals surface area contributed by atoms with Gasteiger partial charge in [0.25, 0.3) is 5.91 Å². The van der Waals surface area contributed by atoms with E-state index >= 15 is 0 Å². The number of fused-ring (bicyclic) bond motifs is 1. The van der Waals surface area contributed by atoms with E-state index in [1.807, 2.05) is 30.3 Å². The Morgan fingerprint density at radius 3 is 2.35 bits per heavy atom. The molecule has 3 aromatic carbocycles. The highest BCUT2D eigenvalue weighted by Crippen LogP contribution is 2.36. The SMILES string of the molecule is COc1cc(OC)c(NC(=O)C2CCCN(C(=O)c3ccc(OC)c4ccccc34)C2)cc1Cl. The van der Waals surface area contributed by atoms with Crippen LogP contribution in [0.1, 0.15) is 23.2 Å². The lowest BCUT2D eigenvalue weighted by atomic mass is 9.95. The topological polar surface area (TPSA) is 77.1 Å². The number of hydrogen-bond donors (Lipinski definition) is 1. The Hall–Kier alpha value is -3.45. The Bertz CT molecular complexity index is 1230. The molecular weight excluding hydrogens is 456 g/mol. The summed E-state index contributed by atoms with van der Waals surface area (Å²) in [5.74, 6) is 0.988. The molecular formula is C26H27ClN2O5. The van der Waals surface area contributed by atoms with E-state index in [4.69, 9.17) is 25.8 Å². The minimum absolute atomic E-state index is 0.0959. The number of nitrogens with one attached hydrogen (secondary N) is 1. The van der Waals surface area contributed by atoms with Crippen molar-refractivity contribution in [2.45, 2.75) is 12.8 Å². The zero-order valence-corrected chi connectivity index (χ0v) is 20.1. The first-order chi connectivity index (χ1) is 16.5. The van der Waals surface area contributed by atoms with E-state index in [1.54, 1.807) is 30.2 Å². The standard InChI is InChI=1S/C26H27ClN2O5/c1-32-22-11-10-19(17-8-4-5-9-18(17)22)26(31)29-12-6-7-16(15-29)25(30)28-21-13-20(27)23(33-2)14-24(21)34-3/h4-5,8-11,13-14,16H,6-7,12,15H2,1-3H3,(H,28,30). The number of likely N-dealkylation sites (tertiary alicyclic amines) is 1. The van der Waals surface area contributed by atoms with Crippen molar-refractivity contribution < 1.29 is 23.8 Å². The van der Waals surface area contributed by atoms with Crippen LogP contribution in [0.3, 0.4) is 0 Å². The van der Waals surface area contributed by atoms with Gasteiger partial charge in [-0.05, 0) is 36.4 Å². The van der Waals surface area contributed by atoms with Crippen molar-refractivity contribution >= 4 is 39.9 Å². The summed E-state index contributed by atoms with van der Waals surface area (Å²) in [7, 11) is 4.64. The fourth-order valence-corrected chi connectivity index (χ4v) is 4.62. The van der Waals surface area contributed by atoms with Crippen molar-refractivity contribution in [3.63, 3.8) is 0 Å². The zero-order chi connectivity index (χ0) is 24.2. The van der Waals surface area contributed by atoms with E-state index in [9.17, 15) is 9.59 Å². The molecule has 1 fully saturated rings. The van der Waals surface area contributed by atoms with E-state index in [1.165, 1.54) is 14.2 Å². The number of anilines is 1. The van der Waals surface area contributed by atoms with Crippen LogP contribution in [0.5, 0.6) is 17.2 Å². The van der Waals surface area contributed by atoms with Gasteiger partial charge in [-0.3, -0.25) is 9.59 Å². The summed E-state index contributed by atoms with van der Waals surface area (Å²) in [6, 6.07) is 14.5. The summed E-state index contributed by atoms with van der Waals surface area (Å²) in [6.07, 6.45) is 1.42. The maximum atomic E-state index is 13.5. The van der Waals surface area contributed by atoms with E-state index < -0.39 is 0 Å². The fourth-order valence-electron chi connectivity index (χ4n) is 4.37. The number of nitrogens with zero attached hydrogens (tertiary/aromatic N) is 1. The number of halogens is 1. The smallest absolute Gasteiger partial charge is 0.254 e. The molecule has 0 aromatic heterocycles. The maximum Gasteiger partial charge on any atom is 0.254 e. The predicted molar refractivity (Wildman–Crippen MR) is 132 cm³/mol. The van der Waals surface area contributed by atoms with Gasteiger partial charge >= 0.3 is 0 Å². The third kappa shape index (κ3) is 4.61. The summed E-state index contributed by atoms with van der Waals surface area (Å²) in [4.78, 5) is 28.3. The lowest BCUT2D eigenvalue weighted by Gasteiger charge is -2.32. The van der Waals surface area contributed by atoms with Gasteiger partial charge in [0.2, 0.25) is 5.91 Å². The molecule has 0 radical (unpaired) electrons. The van der Waals surface area contributed by atoms with Gasteiger partial charge < -0.3 is 24.4 Å². The largest absolute Gasteiger partial charge is 0.496 e. The van der Waals surface area contributed by atoms with Crippen molar-refractivity contribution in [2.24, 2.45) is 5.92 Å². The summed E-state index contributed by atoms with van der Waals surface area (Å²) >= 11 is 6.24. The van der Waals surface area contributed by atoms with Gasteiger partial charge in [-0.1, -0.05) is 35.9 Å². The van der Waals surface area contributed by atoms with Crippen LogP contribution in [0.2, 0.25) is 5.02 Å². The molecule has 0 saturated carbocycles. The monoisotopic (exact) mass is 482 g/mol. The molecule has 1 aliphatic rings. The number of ether oxygens (including phenoxy) is 3. The number of benzene rings is 3. The Labute approximate surface area is 203 Å². The molecule has 2 amide bonds. The Morgan fingerprint density at radius 2 is 1.65 bits per heavy atom. The number of methoxy groups -OCH3 is 3. The molecule has 34 heavy (non-hydrogen) atoms. The highest BCUT2D eigenvalue weighted by atomic mass is 35.5. The molecule has 0 bridgehead atoms. The summed E-state index contributed by atoms with van der Waals surface area (Å²) in [6.45, 7) is 0.928. The fraction of sp³-hybridized carbons (Fsp3) is 0.308. The van der Waals surface area contributed by atoms with Crippen molar-refractivity contribution in [1.82, 2.24) is 4.90 Å². The van der Waals surface area contributed by atoms with E-state index in [0.29, 0.717) is 47.3 Å². The van der Waals surface area contributed by atoms with Crippen molar-refractivity contribution in [3.05, 3.63) is 59.1 Å². The summed E-state index contributed by atoms with van der Waals surface area (Å²) in [5.41, 5.74) is 1.06. The van der Waals surface area contributed by atoms with Crippen LogP contribution >= 0.6 is 11.6 Å². The van der Waals surface area contributed by atoms with Gasteiger partial charge in [-0.15, -0.1) is 0 Å². The molecule has 178 valence electrons. The second kappa shape index (κ2) is 10.2. The molecule has 1 heterocycles. The molecule has 7 nitrogen and oxygen atoms in total. The number of rotatable bonds is 6. The molecule has 1 saturated heterocycles. The average molecular weight is 483 g/mol. The van der Waals surface area contributed by atoms with E-state index in [2.05, 4.69) is 5.32 Å². The third-order valence-electron chi connectivity index (χ3n) is 6.15. The molecule has 1 N–H and O–H groups in total. The van der Waals surface area contributed by atoms with Gasteiger partial charge in [0.05, 0.1) is 38.0 Å². The first kappa shape index (κ1) is 23.7. The third-order valence-corrected chi connectivity index (χ3v) is 6.44. The summed E-state index contributed by atoms with van der Waals surface area (Å²) < 4.78 is 16.0. The Kier molecular flexibility index (Phi) is 7.12. The van der Waals surface area contributed by atoms with E-state index in [-0.39, 0.29) is 17.7 Å². The second-order valence-corrected chi connectivity index (χ2v) is 8.53. The summed E-state index contributed by atoms with van der Waals surface area (Å²) in [5, 5.41) is 4.98. The highest BCUT2D eigenvalue weighted by molar-refractivity contribution is 6.32. The normalized spacial score (nSPS) is 15.6. The zero-order valence-electron chi connectivity index (χ0n) is 19.4. The van der Waals surface area contributed by atoms with E-state index in [0.717, 1.165) is 22.9 Å². The second-order valence-electron chi connectivity index (χ2n) is 8.13. The number of amides is 2. The van der Waals surface area contributed by atoms with Crippen LogP contribution < -0.4 is 19.5 Å². The Morgan fingerprint density at radius 1 is 0.941 bits per heavy atom. The van der Waals surface area contributed by atoms with Gasteiger partial charge in [0.1, 0.15) is 17.2 Å². The van der Waals surface area contributed by atoms with Crippen molar-refractivity contribution in [2.75, 3.05) is 39.7 Å². The first-order valence-electron chi connectivity index (χ1n) is 11.0. The minimum Gasteiger partial charge on any atom is -0.496 e. The van der Waals surface area contributed by atoms with Crippen LogP contribution in [0.25, 0.3) is 10.8 Å². The number of hydrogen-bond acceptors (Lipinski definition) is 5. The first-order valence-corrected chi connectivity index (χ1v) is 11.4. The van der Waals surface area contributed by atoms with Crippen molar-refractivity contribution in [1.29, 1.82) is 0 Å². The molecule has 4 rings (SSSR count). The van der Waals surface area contributed by atoms with Gasteiger partial charge in [-0.25, -0.2) is 0 Å². The number of carbonyl (C=O) groups excluding carboxylic acids is 2. The lowest BCUT2D eigenvalue weighted by molar-refractivity contribution is -0.121. The molecule has 1 aliphatic heterocycles. The highest BCUT2D eigenvalue weighted by Gasteiger charge is 2.30. The lowest BCUT2D eigenvalue weighted by Crippen LogP contribution is -2.43. The quantitative estimate of drug-likeness (QED) is 0.534. The van der Waals surface area contributed by atoms with Crippen LogP contribution in [-0.4, -0.2) is 51.1 Å². The molecule has 1 unspecified atom stereocenters. The molecule has 0 aliphatic carbocycles. The van der Waals surface area contributed by atoms with Crippen LogP contribution in [0.15, 0.2) is 48.5 Å². The van der Waals surface area contributed by atoms with Gasteiger partial charge in [-0.2, -0.15) is 0 Å². The Balaban J connectivity index is 1.53. The maximum absolute atomic E-state index is 13.5. The molecule has 3 aromatic rings. The number of carbonyl (C=O) groups is 2. The van der Waals surface area contributed by atoms with Gasteiger partial charge in [0.15, 0.2) is 0 Å². The minimum atomic E-state index is -0.354. The molecule has 8 heteroatoms. The van der Waals surface area contributed by atoms with Crippen molar-refractivity contribution in [3.8, 4) is 17.2 Å².